The quantitative estimate of drug-likeness (QED) is 0.897. The molecule has 1 aliphatic rings. The first-order chi connectivity index (χ1) is 11.1. The lowest BCUT2D eigenvalue weighted by atomic mass is 9.90. The van der Waals surface area contributed by atoms with Gasteiger partial charge in [-0.2, -0.15) is 5.10 Å². The van der Waals surface area contributed by atoms with Gasteiger partial charge in [-0.1, -0.05) is 17.7 Å². The zero-order valence-corrected chi connectivity index (χ0v) is 13.8. The SMILES string of the molecule is COc1c(Cl)cccc1NC(=O)[C@H]1CNC[C@@H]1c1cnn(C)c1. The highest BCUT2D eigenvalue weighted by molar-refractivity contribution is 6.32. The molecule has 1 saturated heterocycles. The third kappa shape index (κ3) is 3.18. The van der Waals surface area contributed by atoms with Crippen LogP contribution in [0.1, 0.15) is 11.5 Å². The number of methoxy groups -OCH3 is 1. The van der Waals surface area contributed by atoms with Crippen LogP contribution in [0.15, 0.2) is 30.6 Å². The second-order valence-electron chi connectivity index (χ2n) is 5.63. The van der Waals surface area contributed by atoms with Crippen LogP contribution >= 0.6 is 11.6 Å². The van der Waals surface area contributed by atoms with Crippen molar-refractivity contribution in [1.82, 2.24) is 15.1 Å². The van der Waals surface area contributed by atoms with Crippen LogP contribution in [0.5, 0.6) is 5.75 Å². The lowest BCUT2D eigenvalue weighted by molar-refractivity contribution is -0.119. The number of rotatable bonds is 4. The third-order valence-electron chi connectivity index (χ3n) is 4.13. The fourth-order valence-electron chi connectivity index (χ4n) is 2.98. The number of para-hydroxylation sites is 1. The number of carbonyl (C=O) groups excluding carboxylic acids is 1. The molecule has 2 N–H and O–H groups in total. The highest BCUT2D eigenvalue weighted by atomic mass is 35.5. The predicted octanol–water partition coefficient (Wildman–Crippen LogP) is 2.02. The Morgan fingerprint density at radius 2 is 2.30 bits per heavy atom. The van der Waals surface area contributed by atoms with Gasteiger partial charge in [-0.15, -0.1) is 0 Å². The van der Waals surface area contributed by atoms with E-state index >= 15 is 0 Å². The number of amides is 1. The maximum absolute atomic E-state index is 12.7. The van der Waals surface area contributed by atoms with E-state index in [0.717, 1.165) is 12.1 Å². The number of nitrogens with zero attached hydrogens (tertiary/aromatic N) is 2. The monoisotopic (exact) mass is 334 g/mol. The molecule has 0 saturated carbocycles. The normalized spacial score (nSPS) is 20.5. The Hall–Kier alpha value is -2.05. The molecule has 0 spiro atoms. The molecule has 1 aromatic heterocycles. The van der Waals surface area contributed by atoms with Crippen molar-refractivity contribution in [2.75, 3.05) is 25.5 Å². The Balaban J connectivity index is 1.79. The number of ether oxygens (including phenoxy) is 1. The maximum atomic E-state index is 12.7. The fourth-order valence-corrected chi connectivity index (χ4v) is 3.23. The molecule has 0 bridgehead atoms. The number of benzene rings is 1. The lowest BCUT2D eigenvalue weighted by Crippen LogP contribution is -2.28. The van der Waals surface area contributed by atoms with Crippen molar-refractivity contribution in [2.45, 2.75) is 5.92 Å². The Labute approximate surface area is 139 Å². The first-order valence-corrected chi connectivity index (χ1v) is 7.80. The number of anilines is 1. The van der Waals surface area contributed by atoms with Gasteiger partial charge >= 0.3 is 0 Å². The summed E-state index contributed by atoms with van der Waals surface area (Å²) in [4.78, 5) is 12.7. The number of aryl methyl sites for hydroxylation is 1. The smallest absolute Gasteiger partial charge is 0.229 e. The van der Waals surface area contributed by atoms with E-state index in [4.69, 9.17) is 16.3 Å². The van der Waals surface area contributed by atoms with Crippen LogP contribution in [0.4, 0.5) is 5.69 Å². The number of nitrogens with one attached hydrogen (secondary N) is 2. The van der Waals surface area contributed by atoms with Crippen LogP contribution in [0.25, 0.3) is 0 Å². The van der Waals surface area contributed by atoms with Gasteiger partial charge in [-0.3, -0.25) is 9.48 Å². The molecule has 2 aromatic rings. The maximum Gasteiger partial charge on any atom is 0.229 e. The van der Waals surface area contributed by atoms with E-state index in [-0.39, 0.29) is 17.7 Å². The molecule has 1 aromatic carbocycles. The molecule has 7 heteroatoms. The van der Waals surface area contributed by atoms with Gasteiger partial charge in [-0.25, -0.2) is 0 Å². The Bertz CT molecular complexity index is 716. The molecule has 6 nitrogen and oxygen atoms in total. The molecule has 2 atom stereocenters. The van der Waals surface area contributed by atoms with Crippen molar-refractivity contribution in [2.24, 2.45) is 13.0 Å². The van der Waals surface area contributed by atoms with Crippen LogP contribution in [-0.4, -0.2) is 35.9 Å². The number of hydrogen-bond acceptors (Lipinski definition) is 4. The molecule has 1 amide bonds. The molecule has 3 rings (SSSR count). The predicted molar refractivity (Wildman–Crippen MR) is 88.9 cm³/mol. The first kappa shape index (κ1) is 15.8. The van der Waals surface area contributed by atoms with Gasteiger partial charge in [0.2, 0.25) is 5.91 Å². The summed E-state index contributed by atoms with van der Waals surface area (Å²) in [6, 6.07) is 5.29. The number of hydrogen-bond donors (Lipinski definition) is 2. The van der Waals surface area contributed by atoms with Crippen LogP contribution in [0.2, 0.25) is 5.02 Å². The van der Waals surface area contributed by atoms with Gasteiger partial charge in [0.05, 0.1) is 29.9 Å². The molecule has 2 heterocycles. The average Bonchev–Trinajstić information content (AvgIpc) is 3.15. The van der Waals surface area contributed by atoms with Crippen LogP contribution in [0, 0.1) is 5.92 Å². The van der Waals surface area contributed by atoms with Crippen LogP contribution < -0.4 is 15.4 Å². The minimum Gasteiger partial charge on any atom is -0.493 e. The molecule has 122 valence electrons. The number of aromatic nitrogens is 2. The number of halogens is 1. The van der Waals surface area contributed by atoms with Gasteiger partial charge in [0.1, 0.15) is 0 Å². The summed E-state index contributed by atoms with van der Waals surface area (Å²) in [6.07, 6.45) is 3.77. The highest BCUT2D eigenvalue weighted by Crippen LogP contribution is 2.34. The molecule has 0 unspecified atom stereocenters. The van der Waals surface area contributed by atoms with Gasteiger partial charge in [0, 0.05) is 32.3 Å². The summed E-state index contributed by atoms with van der Waals surface area (Å²) in [5.74, 6) is 0.368. The summed E-state index contributed by atoms with van der Waals surface area (Å²) in [6.45, 7) is 1.39. The average molecular weight is 335 g/mol. The highest BCUT2D eigenvalue weighted by Gasteiger charge is 2.35. The van der Waals surface area contributed by atoms with E-state index in [9.17, 15) is 4.79 Å². The molecule has 1 aliphatic heterocycles. The van der Waals surface area contributed by atoms with Crippen molar-refractivity contribution in [3.8, 4) is 5.75 Å². The van der Waals surface area contributed by atoms with Gasteiger partial charge in [-0.05, 0) is 17.7 Å². The van der Waals surface area contributed by atoms with Crippen molar-refractivity contribution in [1.29, 1.82) is 0 Å². The molecular formula is C16H19ClN4O2. The Morgan fingerprint density at radius 3 is 3.00 bits per heavy atom. The summed E-state index contributed by atoms with van der Waals surface area (Å²) >= 11 is 6.10. The van der Waals surface area contributed by atoms with Crippen LogP contribution in [0.3, 0.4) is 0 Å². The van der Waals surface area contributed by atoms with E-state index in [1.807, 2.05) is 19.4 Å². The third-order valence-corrected chi connectivity index (χ3v) is 4.43. The lowest BCUT2D eigenvalue weighted by Gasteiger charge is -2.18. The first-order valence-electron chi connectivity index (χ1n) is 7.42. The topological polar surface area (TPSA) is 68.2 Å². The summed E-state index contributed by atoms with van der Waals surface area (Å²) in [5, 5.41) is 10.9. The molecular weight excluding hydrogens is 316 g/mol. The van der Waals surface area contributed by atoms with E-state index in [1.165, 1.54) is 7.11 Å². The van der Waals surface area contributed by atoms with E-state index < -0.39 is 0 Å². The molecule has 23 heavy (non-hydrogen) atoms. The molecule has 0 radical (unpaired) electrons. The zero-order valence-electron chi connectivity index (χ0n) is 13.0. The number of carbonyl (C=O) groups is 1. The van der Waals surface area contributed by atoms with Crippen LogP contribution in [-0.2, 0) is 11.8 Å². The second-order valence-corrected chi connectivity index (χ2v) is 6.04. The summed E-state index contributed by atoms with van der Waals surface area (Å²) in [7, 11) is 3.41. The Morgan fingerprint density at radius 1 is 1.48 bits per heavy atom. The van der Waals surface area contributed by atoms with Crippen molar-refractivity contribution in [3.05, 3.63) is 41.2 Å². The van der Waals surface area contributed by atoms with E-state index in [1.54, 1.807) is 22.9 Å². The zero-order chi connectivity index (χ0) is 16.4. The van der Waals surface area contributed by atoms with Gasteiger partial charge in [0.25, 0.3) is 0 Å². The summed E-state index contributed by atoms with van der Waals surface area (Å²) < 4.78 is 7.03. The minimum absolute atomic E-state index is 0.0515. The van der Waals surface area contributed by atoms with Gasteiger partial charge in [0.15, 0.2) is 5.75 Å². The van der Waals surface area contributed by atoms with Gasteiger partial charge < -0.3 is 15.4 Å². The van der Waals surface area contributed by atoms with Crippen molar-refractivity contribution < 1.29 is 9.53 Å². The second kappa shape index (κ2) is 6.60. The molecule has 0 aliphatic carbocycles. The molecule has 1 fully saturated rings. The van der Waals surface area contributed by atoms with Crippen molar-refractivity contribution in [3.63, 3.8) is 0 Å². The fraction of sp³-hybridized carbons (Fsp3) is 0.375. The largest absolute Gasteiger partial charge is 0.493 e. The summed E-state index contributed by atoms with van der Waals surface area (Å²) in [5.41, 5.74) is 1.65. The minimum atomic E-state index is -0.164. The van der Waals surface area contributed by atoms with E-state index in [2.05, 4.69) is 15.7 Å². The van der Waals surface area contributed by atoms with E-state index in [0.29, 0.717) is 23.0 Å². The Kier molecular flexibility index (Phi) is 4.54. The van der Waals surface area contributed by atoms with Crippen molar-refractivity contribution >= 4 is 23.2 Å². The standard InChI is InChI=1S/C16H19ClN4O2/c1-21-9-10(6-19-21)11-7-18-8-12(11)16(22)20-14-5-3-4-13(17)15(14)23-2/h3-6,9,11-12,18H,7-8H2,1-2H3,(H,20,22)/t11-,12+/m1/s1.